The number of para-hydroxylation sites is 1. The van der Waals surface area contributed by atoms with E-state index in [2.05, 4.69) is 20.7 Å². The zero-order chi connectivity index (χ0) is 16.5. The number of ether oxygens (including phenoxy) is 1. The van der Waals surface area contributed by atoms with Crippen LogP contribution in [0, 0.1) is 6.92 Å². The van der Waals surface area contributed by atoms with Crippen LogP contribution in [0.2, 0.25) is 0 Å². The van der Waals surface area contributed by atoms with Gasteiger partial charge in [-0.25, -0.2) is 4.99 Å². The van der Waals surface area contributed by atoms with Gasteiger partial charge in [-0.1, -0.05) is 18.2 Å². The van der Waals surface area contributed by atoms with E-state index in [1.54, 1.807) is 6.20 Å². The van der Waals surface area contributed by atoms with Crippen LogP contribution in [-0.4, -0.2) is 35.4 Å². The highest BCUT2D eigenvalue weighted by Crippen LogP contribution is 2.15. The van der Waals surface area contributed by atoms with Crippen molar-refractivity contribution in [2.75, 3.05) is 19.7 Å². The number of hydrogen-bond donors (Lipinski definition) is 2. The predicted molar refractivity (Wildman–Crippen MR) is 92.7 cm³/mol. The molecule has 6 nitrogen and oxygen atoms in total. The van der Waals surface area contributed by atoms with Crippen molar-refractivity contribution in [1.29, 1.82) is 0 Å². The van der Waals surface area contributed by atoms with Crippen LogP contribution in [0.4, 0.5) is 0 Å². The highest BCUT2D eigenvalue weighted by atomic mass is 16.5. The monoisotopic (exact) mass is 315 g/mol. The summed E-state index contributed by atoms with van der Waals surface area (Å²) in [6.07, 6.45) is 1.78. The molecule has 0 aliphatic rings. The normalized spacial score (nSPS) is 11.3. The van der Waals surface area contributed by atoms with Crippen LogP contribution in [0.15, 0.2) is 41.5 Å². The smallest absolute Gasteiger partial charge is 0.191 e. The Labute approximate surface area is 137 Å². The van der Waals surface area contributed by atoms with Crippen molar-refractivity contribution in [1.82, 2.24) is 20.4 Å². The van der Waals surface area contributed by atoms with Gasteiger partial charge in [-0.05, 0) is 31.5 Å². The van der Waals surface area contributed by atoms with Crippen LogP contribution in [-0.2, 0) is 13.6 Å². The molecular weight excluding hydrogens is 290 g/mol. The number of rotatable bonds is 7. The van der Waals surface area contributed by atoms with Crippen LogP contribution in [0.5, 0.6) is 5.75 Å². The molecule has 0 aliphatic heterocycles. The van der Waals surface area contributed by atoms with Crippen LogP contribution in [0.1, 0.15) is 18.2 Å². The minimum Gasteiger partial charge on any atom is -0.491 e. The maximum Gasteiger partial charge on any atom is 0.191 e. The lowest BCUT2D eigenvalue weighted by atomic mass is 10.2. The van der Waals surface area contributed by atoms with E-state index in [9.17, 15) is 0 Å². The van der Waals surface area contributed by atoms with Gasteiger partial charge in [0.2, 0.25) is 0 Å². The molecule has 124 valence electrons. The molecule has 2 aromatic rings. The molecule has 0 bridgehead atoms. The van der Waals surface area contributed by atoms with E-state index in [0.717, 1.165) is 29.5 Å². The Morgan fingerprint density at radius 1 is 1.26 bits per heavy atom. The Balaban J connectivity index is 1.80. The van der Waals surface area contributed by atoms with Crippen molar-refractivity contribution < 1.29 is 4.74 Å². The van der Waals surface area contributed by atoms with Gasteiger partial charge in [0.15, 0.2) is 5.96 Å². The lowest BCUT2D eigenvalue weighted by Gasteiger charge is -2.13. The van der Waals surface area contributed by atoms with Gasteiger partial charge in [-0.2, -0.15) is 5.10 Å². The maximum atomic E-state index is 5.78. The Bertz CT molecular complexity index is 635. The molecule has 0 saturated carbocycles. The van der Waals surface area contributed by atoms with Gasteiger partial charge in [-0.15, -0.1) is 0 Å². The third-order valence-corrected chi connectivity index (χ3v) is 3.41. The fourth-order valence-electron chi connectivity index (χ4n) is 2.11. The summed E-state index contributed by atoms with van der Waals surface area (Å²) in [6.45, 7) is 6.76. The van der Waals surface area contributed by atoms with Crippen molar-refractivity contribution in [3.05, 3.63) is 47.8 Å². The van der Waals surface area contributed by atoms with E-state index < -0.39 is 0 Å². The van der Waals surface area contributed by atoms with Gasteiger partial charge in [0.05, 0.1) is 18.8 Å². The molecule has 1 aromatic heterocycles. The minimum absolute atomic E-state index is 0.584. The molecule has 0 fully saturated rings. The predicted octanol–water partition coefficient (Wildman–Crippen LogP) is 1.86. The second kappa shape index (κ2) is 8.82. The number of aromatic nitrogens is 2. The lowest BCUT2D eigenvalue weighted by molar-refractivity contribution is 0.320. The molecule has 2 N–H and O–H groups in total. The van der Waals surface area contributed by atoms with Gasteiger partial charge in [0.25, 0.3) is 0 Å². The molecule has 1 heterocycles. The van der Waals surface area contributed by atoms with E-state index in [4.69, 9.17) is 4.74 Å². The van der Waals surface area contributed by atoms with E-state index in [1.165, 1.54) is 0 Å². The summed E-state index contributed by atoms with van der Waals surface area (Å²) < 4.78 is 7.60. The highest BCUT2D eigenvalue weighted by molar-refractivity contribution is 5.79. The Morgan fingerprint density at radius 3 is 2.78 bits per heavy atom. The lowest BCUT2D eigenvalue weighted by Crippen LogP contribution is -2.39. The first-order chi connectivity index (χ1) is 11.2. The third-order valence-electron chi connectivity index (χ3n) is 3.41. The molecule has 0 radical (unpaired) electrons. The summed E-state index contributed by atoms with van der Waals surface area (Å²) in [7, 11) is 1.92. The van der Waals surface area contributed by atoms with Gasteiger partial charge < -0.3 is 15.4 Å². The van der Waals surface area contributed by atoms with E-state index in [0.29, 0.717) is 19.7 Å². The molecule has 6 heteroatoms. The number of hydrogen-bond acceptors (Lipinski definition) is 3. The summed E-state index contributed by atoms with van der Waals surface area (Å²) >= 11 is 0. The summed E-state index contributed by atoms with van der Waals surface area (Å²) in [4.78, 5) is 4.56. The largest absolute Gasteiger partial charge is 0.491 e. The van der Waals surface area contributed by atoms with Gasteiger partial charge in [-0.3, -0.25) is 4.68 Å². The fourth-order valence-corrected chi connectivity index (χ4v) is 2.11. The Morgan fingerprint density at radius 2 is 2.09 bits per heavy atom. The first kappa shape index (κ1) is 16.9. The SMILES string of the molecule is CCNC(=NCc1ccnn1C)NCCOc1ccccc1C. The van der Waals surface area contributed by atoms with E-state index in [1.807, 2.05) is 55.9 Å². The topological polar surface area (TPSA) is 63.5 Å². The van der Waals surface area contributed by atoms with Crippen molar-refractivity contribution in [3.8, 4) is 5.75 Å². The van der Waals surface area contributed by atoms with Crippen LogP contribution in [0.25, 0.3) is 0 Å². The van der Waals surface area contributed by atoms with Gasteiger partial charge >= 0.3 is 0 Å². The van der Waals surface area contributed by atoms with E-state index >= 15 is 0 Å². The summed E-state index contributed by atoms with van der Waals surface area (Å²) in [5.74, 6) is 1.70. The summed E-state index contributed by atoms with van der Waals surface area (Å²) in [6, 6.07) is 9.98. The number of nitrogens with zero attached hydrogens (tertiary/aromatic N) is 3. The second-order valence-electron chi connectivity index (χ2n) is 5.18. The molecule has 0 amide bonds. The molecule has 0 spiro atoms. The van der Waals surface area contributed by atoms with Crippen molar-refractivity contribution >= 4 is 5.96 Å². The zero-order valence-corrected chi connectivity index (χ0v) is 14.0. The molecule has 2 rings (SSSR count). The molecule has 0 atom stereocenters. The zero-order valence-electron chi connectivity index (χ0n) is 14.0. The average Bonchev–Trinajstić information content (AvgIpc) is 2.96. The molecule has 23 heavy (non-hydrogen) atoms. The molecular formula is C17H25N5O. The van der Waals surface area contributed by atoms with Crippen molar-refractivity contribution in [3.63, 3.8) is 0 Å². The number of guanidine groups is 1. The number of aryl methyl sites for hydroxylation is 2. The molecule has 0 unspecified atom stereocenters. The third kappa shape index (κ3) is 5.32. The van der Waals surface area contributed by atoms with Crippen LogP contribution >= 0.6 is 0 Å². The van der Waals surface area contributed by atoms with Gasteiger partial charge in [0, 0.05) is 19.8 Å². The summed E-state index contributed by atoms with van der Waals surface area (Å²) in [5, 5.41) is 10.6. The Kier molecular flexibility index (Phi) is 6.47. The molecule has 1 aromatic carbocycles. The van der Waals surface area contributed by atoms with Gasteiger partial charge in [0.1, 0.15) is 12.4 Å². The summed E-state index contributed by atoms with van der Waals surface area (Å²) in [5.41, 5.74) is 2.21. The number of nitrogens with one attached hydrogen (secondary N) is 2. The van der Waals surface area contributed by atoms with Crippen molar-refractivity contribution in [2.45, 2.75) is 20.4 Å². The minimum atomic E-state index is 0.584. The van der Waals surface area contributed by atoms with Crippen molar-refractivity contribution in [2.24, 2.45) is 12.0 Å². The quantitative estimate of drug-likeness (QED) is 0.465. The first-order valence-electron chi connectivity index (χ1n) is 7.88. The average molecular weight is 315 g/mol. The number of aliphatic imine (C=N–C) groups is 1. The second-order valence-corrected chi connectivity index (χ2v) is 5.18. The maximum absolute atomic E-state index is 5.78. The van der Waals surface area contributed by atoms with E-state index in [-0.39, 0.29) is 0 Å². The highest BCUT2D eigenvalue weighted by Gasteiger charge is 2.01. The van der Waals surface area contributed by atoms with Crippen LogP contribution < -0.4 is 15.4 Å². The number of benzene rings is 1. The first-order valence-corrected chi connectivity index (χ1v) is 7.88. The standard InChI is InChI=1S/C17H25N5O/c1-4-18-17(20-13-15-9-10-21-22(15)3)19-11-12-23-16-8-6-5-7-14(16)2/h5-10H,4,11-13H2,1-3H3,(H2,18,19,20). The molecule has 0 aliphatic carbocycles. The Hall–Kier alpha value is -2.50. The van der Waals surface area contributed by atoms with Crippen LogP contribution in [0.3, 0.4) is 0 Å². The molecule has 0 saturated heterocycles. The fraction of sp³-hybridized carbons (Fsp3) is 0.412.